The van der Waals surface area contributed by atoms with E-state index in [9.17, 15) is 9.50 Å². The minimum atomic E-state index is -0.690. The molecular formula is C17H18Cl2FNO. The van der Waals surface area contributed by atoms with Crippen LogP contribution in [0.5, 0.6) is 0 Å². The lowest BCUT2D eigenvalue weighted by atomic mass is 10.0. The molecule has 22 heavy (non-hydrogen) atoms. The predicted molar refractivity (Wildman–Crippen MR) is 88.9 cm³/mol. The Balaban J connectivity index is 2.00. The average molecular weight is 342 g/mol. The van der Waals surface area contributed by atoms with Crippen LogP contribution in [0.1, 0.15) is 36.6 Å². The first-order chi connectivity index (χ1) is 10.5. The molecule has 5 heteroatoms. The van der Waals surface area contributed by atoms with Gasteiger partial charge < -0.3 is 10.4 Å². The van der Waals surface area contributed by atoms with Gasteiger partial charge in [-0.05, 0) is 41.8 Å². The lowest BCUT2D eigenvalue weighted by Gasteiger charge is -2.20. The summed E-state index contributed by atoms with van der Waals surface area (Å²) in [4.78, 5) is 0. The third-order valence-corrected chi connectivity index (χ3v) is 4.31. The van der Waals surface area contributed by atoms with E-state index >= 15 is 0 Å². The molecule has 0 saturated carbocycles. The van der Waals surface area contributed by atoms with Crippen LogP contribution in [0.4, 0.5) is 4.39 Å². The molecule has 0 amide bonds. The second kappa shape index (κ2) is 7.93. The maximum Gasteiger partial charge on any atom is 0.123 e. The van der Waals surface area contributed by atoms with Crippen LogP contribution in [-0.4, -0.2) is 11.7 Å². The van der Waals surface area contributed by atoms with E-state index in [0.29, 0.717) is 22.2 Å². The molecule has 0 bridgehead atoms. The number of hydrogen-bond acceptors (Lipinski definition) is 2. The van der Waals surface area contributed by atoms with Gasteiger partial charge in [0.15, 0.2) is 0 Å². The van der Waals surface area contributed by atoms with Crippen molar-refractivity contribution in [2.75, 3.05) is 6.54 Å². The van der Waals surface area contributed by atoms with Crippen LogP contribution in [0.15, 0.2) is 42.5 Å². The molecule has 0 spiro atoms. The molecule has 0 aromatic heterocycles. The zero-order valence-electron chi connectivity index (χ0n) is 12.2. The largest absolute Gasteiger partial charge is 0.387 e. The molecule has 2 rings (SSSR count). The zero-order valence-corrected chi connectivity index (χ0v) is 13.7. The van der Waals surface area contributed by atoms with E-state index in [2.05, 4.69) is 5.32 Å². The summed E-state index contributed by atoms with van der Waals surface area (Å²) in [7, 11) is 0. The second-order valence-electron chi connectivity index (χ2n) is 5.11. The van der Waals surface area contributed by atoms with Crippen molar-refractivity contribution in [1.29, 1.82) is 0 Å². The number of nitrogens with one attached hydrogen (secondary N) is 1. The minimum absolute atomic E-state index is 0.0537. The van der Waals surface area contributed by atoms with Crippen molar-refractivity contribution in [3.63, 3.8) is 0 Å². The number of aliphatic hydroxyl groups is 1. The molecule has 0 saturated heterocycles. The Morgan fingerprint density at radius 2 is 1.68 bits per heavy atom. The van der Waals surface area contributed by atoms with Crippen LogP contribution >= 0.6 is 23.2 Å². The van der Waals surface area contributed by atoms with Gasteiger partial charge in [0.2, 0.25) is 0 Å². The molecule has 2 nitrogen and oxygen atoms in total. The van der Waals surface area contributed by atoms with Crippen LogP contribution < -0.4 is 5.32 Å². The molecule has 2 atom stereocenters. The van der Waals surface area contributed by atoms with Crippen LogP contribution in [0.3, 0.4) is 0 Å². The van der Waals surface area contributed by atoms with Crippen molar-refractivity contribution in [2.45, 2.75) is 25.5 Å². The highest BCUT2D eigenvalue weighted by Crippen LogP contribution is 2.26. The molecular weight excluding hydrogens is 324 g/mol. The Kier molecular flexibility index (Phi) is 6.21. The minimum Gasteiger partial charge on any atom is -0.387 e. The quantitative estimate of drug-likeness (QED) is 0.782. The predicted octanol–water partition coefficient (Wildman–Crippen LogP) is 4.91. The van der Waals surface area contributed by atoms with Gasteiger partial charge in [-0.1, -0.05) is 48.3 Å². The number of hydrogen-bond donors (Lipinski definition) is 2. The highest BCUT2D eigenvalue weighted by Gasteiger charge is 2.14. The summed E-state index contributed by atoms with van der Waals surface area (Å²) < 4.78 is 13.0. The van der Waals surface area contributed by atoms with Crippen molar-refractivity contribution in [3.8, 4) is 0 Å². The fourth-order valence-electron chi connectivity index (χ4n) is 2.28. The molecule has 0 unspecified atom stereocenters. The maximum atomic E-state index is 13.0. The van der Waals surface area contributed by atoms with E-state index in [1.54, 1.807) is 30.3 Å². The third-order valence-electron chi connectivity index (χ3n) is 3.57. The third kappa shape index (κ3) is 4.43. The van der Waals surface area contributed by atoms with Gasteiger partial charge in [0.1, 0.15) is 5.82 Å². The van der Waals surface area contributed by atoms with Gasteiger partial charge >= 0.3 is 0 Å². The van der Waals surface area contributed by atoms with Gasteiger partial charge in [-0.3, -0.25) is 0 Å². The maximum absolute atomic E-state index is 13.0. The summed E-state index contributed by atoms with van der Waals surface area (Å²) in [6.07, 6.45) is 0.143. The normalized spacial score (nSPS) is 13.9. The lowest BCUT2D eigenvalue weighted by molar-refractivity contribution is 0.169. The van der Waals surface area contributed by atoms with Crippen LogP contribution in [0, 0.1) is 5.82 Å². The molecule has 0 aliphatic carbocycles. The van der Waals surface area contributed by atoms with E-state index < -0.39 is 6.10 Å². The summed E-state index contributed by atoms with van der Waals surface area (Å²) in [5, 5.41) is 14.4. The van der Waals surface area contributed by atoms with E-state index in [-0.39, 0.29) is 11.9 Å². The molecule has 2 aromatic rings. The summed E-state index contributed by atoms with van der Waals surface area (Å²) in [5.41, 5.74) is 1.70. The van der Waals surface area contributed by atoms with Gasteiger partial charge in [-0.15, -0.1) is 0 Å². The molecule has 0 aliphatic rings. The Labute approximate surface area is 139 Å². The van der Waals surface area contributed by atoms with Crippen molar-refractivity contribution in [1.82, 2.24) is 5.32 Å². The van der Waals surface area contributed by atoms with Gasteiger partial charge in [0.25, 0.3) is 0 Å². The number of rotatable bonds is 6. The summed E-state index contributed by atoms with van der Waals surface area (Å²) >= 11 is 11.8. The first-order valence-electron chi connectivity index (χ1n) is 7.13. The van der Waals surface area contributed by atoms with E-state index in [1.165, 1.54) is 12.1 Å². The van der Waals surface area contributed by atoms with Crippen molar-refractivity contribution in [2.24, 2.45) is 0 Å². The molecule has 118 valence electrons. The fraction of sp³-hybridized carbons (Fsp3) is 0.294. The van der Waals surface area contributed by atoms with Crippen LogP contribution in [0.2, 0.25) is 10.0 Å². The monoisotopic (exact) mass is 341 g/mol. The number of benzene rings is 2. The highest BCUT2D eigenvalue weighted by atomic mass is 35.5. The van der Waals surface area contributed by atoms with Crippen LogP contribution in [-0.2, 0) is 0 Å². The first kappa shape index (κ1) is 17.2. The topological polar surface area (TPSA) is 32.3 Å². The standard InChI is InChI=1S/C17H18Cl2FNO/c1-2-16(11-3-6-13(20)7-4-11)21-10-17(22)12-5-8-14(18)15(19)9-12/h3-9,16-17,21-22H,2,10H2,1H3/t16-,17+/m1/s1. The van der Waals surface area contributed by atoms with Gasteiger partial charge in [-0.2, -0.15) is 0 Å². The van der Waals surface area contributed by atoms with Gasteiger partial charge in [0.05, 0.1) is 16.1 Å². The molecule has 0 aliphatic heterocycles. The van der Waals surface area contributed by atoms with Gasteiger partial charge in [-0.25, -0.2) is 4.39 Å². The smallest absolute Gasteiger partial charge is 0.123 e. The van der Waals surface area contributed by atoms with E-state index in [4.69, 9.17) is 23.2 Å². The van der Waals surface area contributed by atoms with Crippen molar-refractivity contribution in [3.05, 3.63) is 69.5 Å². The molecule has 0 fully saturated rings. The average Bonchev–Trinajstić information content (AvgIpc) is 2.52. The zero-order chi connectivity index (χ0) is 16.1. The van der Waals surface area contributed by atoms with Crippen molar-refractivity contribution < 1.29 is 9.50 Å². The highest BCUT2D eigenvalue weighted by molar-refractivity contribution is 6.42. The Morgan fingerprint density at radius 3 is 2.27 bits per heavy atom. The molecule has 0 heterocycles. The van der Waals surface area contributed by atoms with E-state index in [1.807, 2.05) is 6.92 Å². The van der Waals surface area contributed by atoms with E-state index in [0.717, 1.165) is 12.0 Å². The second-order valence-corrected chi connectivity index (χ2v) is 5.92. The lowest BCUT2D eigenvalue weighted by Crippen LogP contribution is -2.26. The summed E-state index contributed by atoms with van der Waals surface area (Å²) in [5.74, 6) is -0.255. The molecule has 0 radical (unpaired) electrons. The Bertz CT molecular complexity index is 619. The van der Waals surface area contributed by atoms with Crippen molar-refractivity contribution >= 4 is 23.2 Å². The van der Waals surface area contributed by atoms with Gasteiger partial charge in [0, 0.05) is 12.6 Å². The Hall–Kier alpha value is -1.13. The molecule has 2 aromatic carbocycles. The number of halogens is 3. The van der Waals surface area contributed by atoms with Crippen LogP contribution in [0.25, 0.3) is 0 Å². The number of aliphatic hydroxyl groups excluding tert-OH is 1. The Morgan fingerprint density at radius 1 is 1.05 bits per heavy atom. The fourth-order valence-corrected chi connectivity index (χ4v) is 2.59. The summed E-state index contributed by atoms with van der Waals surface area (Å²) in [6.45, 7) is 2.40. The molecule has 2 N–H and O–H groups in total. The summed E-state index contributed by atoms with van der Waals surface area (Å²) in [6, 6.07) is 11.5. The first-order valence-corrected chi connectivity index (χ1v) is 7.88. The SMILES string of the molecule is CC[C@@H](NC[C@H](O)c1ccc(Cl)c(Cl)c1)c1ccc(F)cc1.